The van der Waals surface area contributed by atoms with Gasteiger partial charge in [0.25, 0.3) is 0 Å². The molecule has 1 aliphatic rings. The molecule has 0 saturated carbocycles. The van der Waals surface area contributed by atoms with E-state index in [1.165, 1.54) is 25.9 Å². The van der Waals surface area contributed by atoms with Gasteiger partial charge in [0.05, 0.1) is 6.10 Å². The largest absolute Gasteiger partial charge is 0.491 e. The lowest BCUT2D eigenvalue weighted by atomic mass is 9.99. The van der Waals surface area contributed by atoms with Crippen molar-refractivity contribution in [1.29, 1.82) is 0 Å². The SMILES string of the molecule is CC1CCN(CCCN=C(N)Nc2ccc(OC(C)C)cc2)CC1. The molecule has 5 nitrogen and oxygen atoms in total. The Balaban J connectivity index is 1.67. The van der Waals surface area contributed by atoms with Crippen LogP contribution in [0.25, 0.3) is 0 Å². The van der Waals surface area contributed by atoms with Crippen LogP contribution in [0.3, 0.4) is 0 Å². The van der Waals surface area contributed by atoms with Crippen molar-refractivity contribution in [3.05, 3.63) is 24.3 Å². The molecule has 0 aliphatic carbocycles. The van der Waals surface area contributed by atoms with E-state index in [1.807, 2.05) is 38.1 Å². The molecule has 24 heavy (non-hydrogen) atoms. The fraction of sp³-hybridized carbons (Fsp3) is 0.632. The first-order valence-corrected chi connectivity index (χ1v) is 9.09. The molecule has 1 aliphatic heterocycles. The van der Waals surface area contributed by atoms with Crippen molar-refractivity contribution < 1.29 is 4.74 Å². The van der Waals surface area contributed by atoms with Gasteiger partial charge < -0.3 is 20.7 Å². The van der Waals surface area contributed by atoms with Gasteiger partial charge in [-0.25, -0.2) is 0 Å². The first-order chi connectivity index (χ1) is 11.5. The summed E-state index contributed by atoms with van der Waals surface area (Å²) in [4.78, 5) is 6.95. The van der Waals surface area contributed by atoms with Crippen LogP contribution < -0.4 is 15.8 Å². The molecule has 1 aromatic carbocycles. The molecule has 0 atom stereocenters. The Kier molecular flexibility index (Phi) is 7.37. The first-order valence-electron chi connectivity index (χ1n) is 9.09. The summed E-state index contributed by atoms with van der Waals surface area (Å²) in [5.74, 6) is 2.22. The summed E-state index contributed by atoms with van der Waals surface area (Å²) in [5, 5.41) is 3.13. The van der Waals surface area contributed by atoms with E-state index in [-0.39, 0.29) is 6.10 Å². The van der Waals surface area contributed by atoms with Crippen molar-refractivity contribution in [2.24, 2.45) is 16.6 Å². The van der Waals surface area contributed by atoms with Crippen LogP contribution in [0, 0.1) is 5.92 Å². The van der Waals surface area contributed by atoms with E-state index in [1.54, 1.807) is 0 Å². The number of anilines is 1. The highest BCUT2D eigenvalue weighted by Crippen LogP contribution is 2.17. The second-order valence-corrected chi connectivity index (χ2v) is 6.96. The number of ether oxygens (including phenoxy) is 1. The predicted octanol–water partition coefficient (Wildman–Crippen LogP) is 3.32. The van der Waals surface area contributed by atoms with Gasteiger partial charge in [-0.15, -0.1) is 0 Å². The topological polar surface area (TPSA) is 62.9 Å². The van der Waals surface area contributed by atoms with Gasteiger partial charge in [0.15, 0.2) is 5.96 Å². The van der Waals surface area contributed by atoms with E-state index >= 15 is 0 Å². The highest BCUT2D eigenvalue weighted by Gasteiger charge is 2.14. The number of nitrogens with two attached hydrogens (primary N) is 1. The number of hydrogen-bond donors (Lipinski definition) is 2. The third-order valence-corrected chi connectivity index (χ3v) is 4.29. The molecule has 3 N–H and O–H groups in total. The molecule has 134 valence electrons. The zero-order chi connectivity index (χ0) is 17.4. The molecule has 0 amide bonds. The van der Waals surface area contributed by atoms with E-state index in [0.29, 0.717) is 5.96 Å². The number of guanidine groups is 1. The molecule has 1 fully saturated rings. The van der Waals surface area contributed by atoms with Crippen molar-refractivity contribution in [3.8, 4) is 5.75 Å². The van der Waals surface area contributed by atoms with E-state index < -0.39 is 0 Å². The molecular weight excluding hydrogens is 300 g/mol. The predicted molar refractivity (Wildman–Crippen MR) is 102 cm³/mol. The van der Waals surface area contributed by atoms with Crippen LogP contribution in [0.2, 0.25) is 0 Å². The van der Waals surface area contributed by atoms with Gasteiger partial charge >= 0.3 is 0 Å². The second kappa shape index (κ2) is 9.52. The van der Waals surface area contributed by atoms with Crippen molar-refractivity contribution >= 4 is 11.6 Å². The minimum absolute atomic E-state index is 0.179. The molecule has 0 radical (unpaired) electrons. The molecule has 1 heterocycles. The quantitative estimate of drug-likeness (QED) is 0.457. The number of hydrogen-bond acceptors (Lipinski definition) is 3. The summed E-state index contributed by atoms with van der Waals surface area (Å²) in [6, 6.07) is 7.78. The standard InChI is InChI=1S/C19H32N4O/c1-15(2)24-18-7-5-17(6-8-18)22-19(20)21-11-4-12-23-13-9-16(3)10-14-23/h5-8,15-16H,4,9-14H2,1-3H3,(H3,20,21,22). The lowest BCUT2D eigenvalue weighted by Gasteiger charge is -2.29. The molecule has 0 unspecified atom stereocenters. The smallest absolute Gasteiger partial charge is 0.193 e. The van der Waals surface area contributed by atoms with Crippen LogP contribution in [-0.4, -0.2) is 43.1 Å². The molecule has 5 heteroatoms. The number of likely N-dealkylation sites (tertiary alicyclic amines) is 1. The highest BCUT2D eigenvalue weighted by atomic mass is 16.5. The molecule has 0 bridgehead atoms. The van der Waals surface area contributed by atoms with Gasteiger partial charge in [-0.3, -0.25) is 4.99 Å². The molecule has 1 aromatic rings. The maximum atomic E-state index is 5.96. The number of nitrogens with one attached hydrogen (secondary N) is 1. The van der Waals surface area contributed by atoms with Crippen LogP contribution in [-0.2, 0) is 0 Å². The Morgan fingerprint density at radius 2 is 1.96 bits per heavy atom. The number of piperidine rings is 1. The van der Waals surface area contributed by atoms with Crippen molar-refractivity contribution in [2.75, 3.05) is 31.5 Å². The van der Waals surface area contributed by atoms with Crippen LogP contribution in [0.4, 0.5) is 5.69 Å². The first kappa shape index (κ1) is 18.6. The third-order valence-electron chi connectivity index (χ3n) is 4.29. The minimum Gasteiger partial charge on any atom is -0.491 e. The summed E-state index contributed by atoms with van der Waals surface area (Å²) in [6.07, 6.45) is 3.88. The molecular formula is C19H32N4O. The summed E-state index contributed by atoms with van der Waals surface area (Å²) in [7, 11) is 0. The van der Waals surface area contributed by atoms with Crippen LogP contribution >= 0.6 is 0 Å². The number of aliphatic imine (C=N–C) groups is 1. The van der Waals surface area contributed by atoms with E-state index in [9.17, 15) is 0 Å². The number of nitrogens with zero attached hydrogens (tertiary/aromatic N) is 2. The summed E-state index contributed by atoms with van der Waals surface area (Å²) in [5.41, 5.74) is 6.88. The van der Waals surface area contributed by atoms with E-state index in [0.717, 1.165) is 36.9 Å². The van der Waals surface area contributed by atoms with Gasteiger partial charge in [-0.1, -0.05) is 6.92 Å². The Morgan fingerprint density at radius 1 is 1.29 bits per heavy atom. The molecule has 2 rings (SSSR count). The molecule has 0 aromatic heterocycles. The zero-order valence-electron chi connectivity index (χ0n) is 15.3. The number of rotatable bonds is 7. The minimum atomic E-state index is 0.179. The van der Waals surface area contributed by atoms with Gasteiger partial charge in [-0.05, 0) is 82.9 Å². The Labute approximate surface area is 146 Å². The third kappa shape index (κ3) is 6.79. The van der Waals surface area contributed by atoms with Crippen LogP contribution in [0.5, 0.6) is 5.75 Å². The average molecular weight is 332 g/mol. The van der Waals surface area contributed by atoms with E-state index in [2.05, 4.69) is 22.1 Å². The maximum Gasteiger partial charge on any atom is 0.193 e. The summed E-state index contributed by atoms with van der Waals surface area (Å²) < 4.78 is 5.62. The van der Waals surface area contributed by atoms with Crippen molar-refractivity contribution in [3.63, 3.8) is 0 Å². The van der Waals surface area contributed by atoms with Gasteiger partial charge in [0.1, 0.15) is 5.75 Å². The Morgan fingerprint density at radius 3 is 2.58 bits per heavy atom. The van der Waals surface area contributed by atoms with Gasteiger partial charge in [0, 0.05) is 12.2 Å². The maximum absolute atomic E-state index is 5.96. The van der Waals surface area contributed by atoms with Crippen molar-refractivity contribution in [2.45, 2.75) is 46.1 Å². The second-order valence-electron chi connectivity index (χ2n) is 6.96. The average Bonchev–Trinajstić information content (AvgIpc) is 2.55. The fourth-order valence-electron chi connectivity index (χ4n) is 2.86. The van der Waals surface area contributed by atoms with Crippen LogP contribution in [0.1, 0.15) is 40.0 Å². The highest BCUT2D eigenvalue weighted by molar-refractivity contribution is 5.92. The normalized spacial score (nSPS) is 17.2. The fourth-order valence-corrected chi connectivity index (χ4v) is 2.86. The number of benzene rings is 1. The summed E-state index contributed by atoms with van der Waals surface area (Å²) >= 11 is 0. The molecule has 0 spiro atoms. The van der Waals surface area contributed by atoms with Crippen LogP contribution in [0.15, 0.2) is 29.3 Å². The monoisotopic (exact) mass is 332 g/mol. The lowest BCUT2D eigenvalue weighted by Crippen LogP contribution is -2.34. The lowest BCUT2D eigenvalue weighted by molar-refractivity contribution is 0.192. The Bertz CT molecular complexity index is 505. The van der Waals surface area contributed by atoms with Gasteiger partial charge in [0.2, 0.25) is 0 Å². The van der Waals surface area contributed by atoms with E-state index in [4.69, 9.17) is 10.5 Å². The van der Waals surface area contributed by atoms with Gasteiger partial charge in [-0.2, -0.15) is 0 Å². The molecule has 1 saturated heterocycles. The Hall–Kier alpha value is -1.75. The zero-order valence-corrected chi connectivity index (χ0v) is 15.3. The van der Waals surface area contributed by atoms with Crippen molar-refractivity contribution in [1.82, 2.24) is 4.90 Å². The summed E-state index contributed by atoms with van der Waals surface area (Å²) in [6.45, 7) is 10.7.